The number of ether oxygens (including phenoxy) is 1. The van der Waals surface area contributed by atoms with Gasteiger partial charge < -0.3 is 4.74 Å². The van der Waals surface area contributed by atoms with Crippen molar-refractivity contribution in [3.63, 3.8) is 0 Å². The molecule has 0 aliphatic heterocycles. The standard InChI is InChI=1S/C14H26O2/c1-5-9-10-13(14(15)16-8-4)11-12(6-2)7-3/h9-10,12-13H,5-8,11H2,1-4H3. The topological polar surface area (TPSA) is 26.3 Å². The Morgan fingerprint density at radius 1 is 1.19 bits per heavy atom. The van der Waals surface area contributed by atoms with Crippen molar-refractivity contribution >= 4 is 5.97 Å². The van der Waals surface area contributed by atoms with Gasteiger partial charge in [0.05, 0.1) is 12.5 Å². The lowest BCUT2D eigenvalue weighted by atomic mass is 9.90. The van der Waals surface area contributed by atoms with Crippen LogP contribution in [0.15, 0.2) is 12.2 Å². The van der Waals surface area contributed by atoms with Crippen LogP contribution in [0.3, 0.4) is 0 Å². The van der Waals surface area contributed by atoms with E-state index in [-0.39, 0.29) is 11.9 Å². The van der Waals surface area contributed by atoms with E-state index in [1.165, 1.54) is 0 Å². The van der Waals surface area contributed by atoms with E-state index in [1.807, 2.05) is 13.0 Å². The summed E-state index contributed by atoms with van der Waals surface area (Å²) in [4.78, 5) is 11.7. The Kier molecular flexibility index (Phi) is 8.97. The van der Waals surface area contributed by atoms with Crippen LogP contribution in [0.2, 0.25) is 0 Å². The number of esters is 1. The predicted molar refractivity (Wildman–Crippen MR) is 68.2 cm³/mol. The van der Waals surface area contributed by atoms with Gasteiger partial charge in [-0.15, -0.1) is 0 Å². The summed E-state index contributed by atoms with van der Waals surface area (Å²) >= 11 is 0. The van der Waals surface area contributed by atoms with E-state index < -0.39 is 0 Å². The smallest absolute Gasteiger partial charge is 0.312 e. The Hall–Kier alpha value is -0.790. The third-order valence-electron chi connectivity index (χ3n) is 2.94. The van der Waals surface area contributed by atoms with Gasteiger partial charge in [-0.3, -0.25) is 4.79 Å². The maximum Gasteiger partial charge on any atom is 0.312 e. The van der Waals surface area contributed by atoms with E-state index in [1.54, 1.807) is 0 Å². The molecule has 0 saturated heterocycles. The second-order valence-corrected chi connectivity index (χ2v) is 4.11. The first-order chi connectivity index (χ1) is 7.69. The van der Waals surface area contributed by atoms with Crippen LogP contribution in [0.5, 0.6) is 0 Å². The van der Waals surface area contributed by atoms with Gasteiger partial charge >= 0.3 is 5.97 Å². The first-order valence-corrected chi connectivity index (χ1v) is 6.52. The first kappa shape index (κ1) is 15.2. The van der Waals surface area contributed by atoms with E-state index in [0.29, 0.717) is 12.5 Å². The number of allylic oxidation sites excluding steroid dienone is 1. The van der Waals surface area contributed by atoms with Crippen LogP contribution < -0.4 is 0 Å². The van der Waals surface area contributed by atoms with E-state index in [0.717, 1.165) is 25.7 Å². The third-order valence-corrected chi connectivity index (χ3v) is 2.94. The molecule has 1 atom stereocenters. The quantitative estimate of drug-likeness (QED) is 0.462. The molecule has 0 aliphatic carbocycles. The largest absolute Gasteiger partial charge is 0.466 e. The maximum absolute atomic E-state index is 11.7. The molecule has 0 spiro atoms. The number of rotatable bonds is 8. The molecule has 0 fully saturated rings. The van der Waals surface area contributed by atoms with Gasteiger partial charge in [-0.25, -0.2) is 0 Å². The molecule has 0 aliphatic rings. The monoisotopic (exact) mass is 226 g/mol. The first-order valence-electron chi connectivity index (χ1n) is 6.52. The van der Waals surface area contributed by atoms with Gasteiger partial charge in [0.2, 0.25) is 0 Å². The second-order valence-electron chi connectivity index (χ2n) is 4.11. The summed E-state index contributed by atoms with van der Waals surface area (Å²) in [5, 5.41) is 0. The molecule has 0 aromatic rings. The molecule has 0 aromatic heterocycles. The highest BCUT2D eigenvalue weighted by Crippen LogP contribution is 2.21. The van der Waals surface area contributed by atoms with E-state index in [4.69, 9.17) is 4.74 Å². The summed E-state index contributed by atoms with van der Waals surface area (Å²) in [5.74, 6) is 0.500. The highest BCUT2D eigenvalue weighted by atomic mass is 16.5. The van der Waals surface area contributed by atoms with Gasteiger partial charge in [-0.1, -0.05) is 45.8 Å². The lowest BCUT2D eigenvalue weighted by molar-refractivity contribution is -0.146. The van der Waals surface area contributed by atoms with Crippen LogP contribution in [0.25, 0.3) is 0 Å². The molecular formula is C14H26O2. The molecule has 0 aromatic carbocycles. The summed E-state index contributed by atoms with van der Waals surface area (Å²) in [5.41, 5.74) is 0. The van der Waals surface area contributed by atoms with Crippen molar-refractivity contribution in [3.8, 4) is 0 Å². The Morgan fingerprint density at radius 3 is 2.25 bits per heavy atom. The summed E-state index contributed by atoms with van der Waals surface area (Å²) in [6.07, 6.45) is 8.22. The molecule has 16 heavy (non-hydrogen) atoms. The molecule has 94 valence electrons. The molecule has 1 unspecified atom stereocenters. The molecule has 2 heteroatoms. The van der Waals surface area contributed by atoms with Gasteiger partial charge in [0, 0.05) is 0 Å². The lowest BCUT2D eigenvalue weighted by Gasteiger charge is -2.17. The number of carbonyl (C=O) groups is 1. The molecule has 0 rings (SSSR count). The lowest BCUT2D eigenvalue weighted by Crippen LogP contribution is -2.19. The van der Waals surface area contributed by atoms with Crippen LogP contribution in [-0.4, -0.2) is 12.6 Å². The van der Waals surface area contributed by atoms with Gasteiger partial charge in [-0.05, 0) is 25.7 Å². The van der Waals surface area contributed by atoms with Crippen LogP contribution in [0.4, 0.5) is 0 Å². The van der Waals surface area contributed by atoms with Crippen LogP contribution in [0.1, 0.15) is 53.4 Å². The molecule has 2 nitrogen and oxygen atoms in total. The van der Waals surface area contributed by atoms with E-state index in [9.17, 15) is 4.79 Å². The maximum atomic E-state index is 11.7. The minimum absolute atomic E-state index is 0.0511. The summed E-state index contributed by atoms with van der Waals surface area (Å²) < 4.78 is 5.10. The highest BCUT2D eigenvalue weighted by Gasteiger charge is 2.19. The van der Waals surface area contributed by atoms with Crippen LogP contribution in [0, 0.1) is 11.8 Å². The molecular weight excluding hydrogens is 200 g/mol. The zero-order valence-corrected chi connectivity index (χ0v) is 11.2. The summed E-state index contributed by atoms with van der Waals surface area (Å²) in [7, 11) is 0. The fraction of sp³-hybridized carbons (Fsp3) is 0.786. The average molecular weight is 226 g/mol. The van der Waals surface area contributed by atoms with Gasteiger partial charge in [0.25, 0.3) is 0 Å². The van der Waals surface area contributed by atoms with Gasteiger partial charge in [0.15, 0.2) is 0 Å². The molecule has 0 radical (unpaired) electrons. The Bertz CT molecular complexity index is 205. The van der Waals surface area contributed by atoms with Crippen molar-refractivity contribution in [1.29, 1.82) is 0 Å². The fourth-order valence-corrected chi connectivity index (χ4v) is 1.78. The Morgan fingerprint density at radius 2 is 1.81 bits per heavy atom. The minimum atomic E-state index is -0.0703. The summed E-state index contributed by atoms with van der Waals surface area (Å²) in [6.45, 7) is 8.77. The minimum Gasteiger partial charge on any atom is -0.466 e. The molecule has 0 bridgehead atoms. The van der Waals surface area contributed by atoms with Gasteiger partial charge in [0.1, 0.15) is 0 Å². The van der Waals surface area contributed by atoms with Crippen molar-refractivity contribution in [3.05, 3.63) is 12.2 Å². The van der Waals surface area contributed by atoms with E-state index in [2.05, 4.69) is 26.8 Å². The number of hydrogen-bond acceptors (Lipinski definition) is 2. The normalized spacial score (nSPS) is 13.3. The Labute approximate surface area is 100 Å². The zero-order valence-electron chi connectivity index (χ0n) is 11.2. The van der Waals surface area contributed by atoms with Gasteiger partial charge in [-0.2, -0.15) is 0 Å². The fourth-order valence-electron chi connectivity index (χ4n) is 1.78. The number of hydrogen-bond donors (Lipinski definition) is 0. The van der Waals surface area contributed by atoms with Crippen molar-refractivity contribution in [2.24, 2.45) is 11.8 Å². The SMILES string of the molecule is CCC=CC(CC(CC)CC)C(=O)OCC. The highest BCUT2D eigenvalue weighted by molar-refractivity contribution is 5.74. The third kappa shape index (κ3) is 5.94. The van der Waals surface area contributed by atoms with Crippen molar-refractivity contribution in [1.82, 2.24) is 0 Å². The van der Waals surface area contributed by atoms with Crippen LogP contribution in [-0.2, 0) is 9.53 Å². The van der Waals surface area contributed by atoms with E-state index >= 15 is 0 Å². The van der Waals surface area contributed by atoms with Crippen molar-refractivity contribution in [2.45, 2.75) is 53.4 Å². The Balaban J connectivity index is 4.40. The predicted octanol–water partition coefficient (Wildman–Crippen LogP) is 3.96. The molecule has 0 amide bonds. The molecule has 0 heterocycles. The average Bonchev–Trinajstić information content (AvgIpc) is 2.30. The van der Waals surface area contributed by atoms with Crippen molar-refractivity contribution in [2.75, 3.05) is 6.61 Å². The number of carbonyl (C=O) groups excluding carboxylic acids is 1. The second kappa shape index (κ2) is 9.44. The molecule has 0 saturated carbocycles. The van der Waals surface area contributed by atoms with Crippen LogP contribution >= 0.6 is 0 Å². The summed E-state index contributed by atoms with van der Waals surface area (Å²) in [6, 6.07) is 0. The zero-order chi connectivity index (χ0) is 12.4. The molecule has 0 N–H and O–H groups in total. The van der Waals surface area contributed by atoms with Crippen molar-refractivity contribution < 1.29 is 9.53 Å².